The van der Waals surface area contributed by atoms with Crippen LogP contribution in [0.3, 0.4) is 0 Å². The van der Waals surface area contributed by atoms with E-state index in [-0.39, 0.29) is 34.3 Å². The summed E-state index contributed by atoms with van der Waals surface area (Å²) in [6, 6.07) is 6.64. The first kappa shape index (κ1) is 24.0. The highest BCUT2D eigenvalue weighted by atomic mass is 32.3. The number of benzene rings is 1. The maximum absolute atomic E-state index is 13.4. The van der Waals surface area contributed by atoms with Gasteiger partial charge in [-0.3, -0.25) is 24.6 Å². The summed E-state index contributed by atoms with van der Waals surface area (Å²) in [6.07, 6.45) is 7.24. The minimum Gasteiger partial charge on any atom is -0.330 e. The summed E-state index contributed by atoms with van der Waals surface area (Å²) in [6.45, 7) is 1.56. The molecule has 2 amide bonds. The number of carbonyl (C=O) groups excluding carboxylic acids is 2. The average molecular weight is 501 g/mol. The second-order valence-corrected chi connectivity index (χ2v) is 13.8. The lowest BCUT2D eigenvalue weighted by Gasteiger charge is -2.38. The van der Waals surface area contributed by atoms with E-state index < -0.39 is 22.3 Å². The molecule has 0 spiro atoms. The first-order valence-electron chi connectivity index (χ1n) is 12.2. The molecule has 0 radical (unpaired) electrons. The van der Waals surface area contributed by atoms with Crippen LogP contribution in [0.4, 0.5) is 0 Å². The van der Waals surface area contributed by atoms with Crippen molar-refractivity contribution in [2.24, 2.45) is 5.73 Å². The summed E-state index contributed by atoms with van der Waals surface area (Å²) in [4.78, 5) is 44.2. The summed E-state index contributed by atoms with van der Waals surface area (Å²) in [5, 5.41) is 20.8. The standard InChI is InChI=1S/C24H32N6O4S/c1-35(2,30(33)34)18-6-7-19-15(10-18)5-8-21(19)29-17-11-22(24(29)32)27(13-17)14-20(26)23(31)28-9-3-4-16(28)12-25/h6-7,10,16-17,20-22H,3-5,8-9,11,13-14,26H2,1-2H3/t16-,17-,20-,21+,22-/m0/s1. The van der Waals surface area contributed by atoms with E-state index in [0.717, 1.165) is 41.7 Å². The number of nitrogens with two attached hydrogens (primary N) is 1. The Hall–Kier alpha value is -2.68. The number of piperazine rings is 1. The number of likely N-dealkylation sites (tertiary alicyclic amines) is 3. The van der Waals surface area contributed by atoms with Crippen molar-refractivity contribution in [2.45, 2.75) is 67.2 Å². The third-order valence-electron chi connectivity index (χ3n) is 8.19. The van der Waals surface area contributed by atoms with Crippen LogP contribution in [0.5, 0.6) is 0 Å². The summed E-state index contributed by atoms with van der Waals surface area (Å²) >= 11 is 0. The molecule has 3 aliphatic heterocycles. The van der Waals surface area contributed by atoms with Gasteiger partial charge in [-0.1, -0.05) is 6.07 Å². The maximum atomic E-state index is 13.4. The maximum Gasteiger partial charge on any atom is 0.241 e. The highest BCUT2D eigenvalue weighted by Crippen LogP contribution is 2.51. The zero-order valence-corrected chi connectivity index (χ0v) is 20.9. The molecule has 2 N–H and O–H groups in total. The Morgan fingerprint density at radius 2 is 2.11 bits per heavy atom. The third kappa shape index (κ3) is 3.88. The molecule has 0 saturated carbocycles. The van der Waals surface area contributed by atoms with Crippen LogP contribution < -0.4 is 5.73 Å². The van der Waals surface area contributed by atoms with Crippen LogP contribution in [0.15, 0.2) is 23.1 Å². The van der Waals surface area contributed by atoms with Gasteiger partial charge in [0.25, 0.3) is 0 Å². The minimum absolute atomic E-state index is 0.00582. The van der Waals surface area contributed by atoms with E-state index in [1.807, 2.05) is 28.0 Å². The molecule has 188 valence electrons. The van der Waals surface area contributed by atoms with Crippen LogP contribution >= 0.6 is 10.2 Å². The number of aryl methyl sites for hydroxylation is 1. The monoisotopic (exact) mass is 500 g/mol. The highest BCUT2D eigenvalue weighted by Gasteiger charge is 2.53. The second kappa shape index (κ2) is 8.76. The molecule has 1 aromatic carbocycles. The van der Waals surface area contributed by atoms with Crippen molar-refractivity contribution in [2.75, 3.05) is 32.1 Å². The fourth-order valence-corrected chi connectivity index (χ4v) is 7.27. The van der Waals surface area contributed by atoms with Crippen LogP contribution in [0.1, 0.15) is 42.9 Å². The Kier molecular flexibility index (Phi) is 6.02. The first-order chi connectivity index (χ1) is 16.6. The number of nitrogens with zero attached hydrogens (tertiary/aromatic N) is 5. The molecule has 3 heterocycles. The van der Waals surface area contributed by atoms with Gasteiger partial charge in [-0.2, -0.15) is 5.26 Å². The second-order valence-electron chi connectivity index (χ2n) is 10.4. The summed E-state index contributed by atoms with van der Waals surface area (Å²) in [7, 11) is -2.12. The van der Waals surface area contributed by atoms with Gasteiger partial charge in [0.2, 0.25) is 11.8 Å². The fourth-order valence-electron chi connectivity index (χ4n) is 6.27. The normalized spacial score (nSPS) is 29.4. The minimum atomic E-state index is -2.12. The highest BCUT2D eigenvalue weighted by molar-refractivity contribution is 8.27. The topological polar surface area (TPSA) is 137 Å². The first-order valence-corrected chi connectivity index (χ1v) is 14.6. The molecule has 4 aliphatic rings. The van der Waals surface area contributed by atoms with Gasteiger partial charge in [-0.25, -0.2) is 0 Å². The lowest BCUT2D eigenvalue weighted by molar-refractivity contribution is -0.295. The van der Waals surface area contributed by atoms with Crippen LogP contribution in [0, 0.1) is 21.4 Å². The van der Waals surface area contributed by atoms with Crippen LogP contribution in [0.25, 0.3) is 0 Å². The molecular formula is C24H32N6O4S. The molecule has 3 saturated heterocycles. The van der Waals surface area contributed by atoms with Crippen molar-refractivity contribution >= 4 is 22.0 Å². The number of rotatable bonds is 6. The van der Waals surface area contributed by atoms with E-state index in [4.69, 9.17) is 5.73 Å². The molecule has 0 unspecified atom stereocenters. The molecule has 10 nitrogen and oxygen atoms in total. The zero-order valence-electron chi connectivity index (χ0n) is 20.1. The quantitative estimate of drug-likeness (QED) is 0.461. The van der Waals surface area contributed by atoms with Crippen molar-refractivity contribution in [3.05, 3.63) is 39.4 Å². The largest absolute Gasteiger partial charge is 0.330 e. The Labute approximate surface area is 206 Å². The lowest BCUT2D eigenvalue weighted by atomic mass is 10.1. The van der Waals surface area contributed by atoms with Crippen molar-refractivity contribution in [1.29, 1.82) is 5.26 Å². The Balaban J connectivity index is 1.26. The van der Waals surface area contributed by atoms with Crippen LogP contribution in [-0.4, -0.2) is 87.2 Å². The zero-order chi connectivity index (χ0) is 25.1. The predicted octanol–water partition coefficient (Wildman–Crippen LogP) is 1.42. The fraction of sp³-hybridized carbons (Fsp3) is 0.625. The van der Waals surface area contributed by atoms with Crippen molar-refractivity contribution in [1.82, 2.24) is 14.7 Å². The Morgan fingerprint density at radius 3 is 2.80 bits per heavy atom. The molecule has 1 aliphatic carbocycles. The molecule has 0 aromatic heterocycles. The lowest BCUT2D eigenvalue weighted by Crippen LogP contribution is -2.56. The van der Waals surface area contributed by atoms with E-state index in [1.54, 1.807) is 17.4 Å². The Bertz CT molecular complexity index is 1120. The van der Waals surface area contributed by atoms with E-state index >= 15 is 0 Å². The van der Waals surface area contributed by atoms with Gasteiger partial charge >= 0.3 is 0 Å². The van der Waals surface area contributed by atoms with Gasteiger partial charge in [0.05, 0.1) is 33.4 Å². The van der Waals surface area contributed by atoms with Crippen molar-refractivity contribution < 1.29 is 13.9 Å². The molecule has 11 heteroatoms. The molecule has 1 aromatic rings. The SMILES string of the molecule is CS(C)(c1ccc2c(c1)CC[C@H]2N1C(=O)[C@@H]2C[C@H]1CN2C[C@H](N)C(=O)N1CCC[C@H]1C#N)[N+](=O)[O-]. The number of amides is 2. The van der Waals surface area contributed by atoms with Gasteiger partial charge in [-0.15, -0.1) is 0 Å². The Morgan fingerprint density at radius 1 is 1.34 bits per heavy atom. The van der Waals surface area contributed by atoms with Gasteiger partial charge in [0.1, 0.15) is 6.04 Å². The molecule has 35 heavy (non-hydrogen) atoms. The third-order valence-corrected chi connectivity index (χ3v) is 10.3. The van der Waals surface area contributed by atoms with E-state index in [1.165, 1.54) is 0 Å². The summed E-state index contributed by atoms with van der Waals surface area (Å²) in [5.41, 5.74) is 8.45. The van der Waals surface area contributed by atoms with E-state index in [0.29, 0.717) is 26.1 Å². The molecule has 5 atom stereocenters. The molecule has 5 rings (SSSR count). The summed E-state index contributed by atoms with van der Waals surface area (Å²) in [5.74, 6) is -0.128. The predicted molar refractivity (Wildman–Crippen MR) is 131 cm³/mol. The van der Waals surface area contributed by atoms with Crippen LogP contribution in [-0.2, 0) is 16.0 Å². The number of hydrogen-bond donors (Lipinski definition) is 1. The molecule has 3 fully saturated rings. The number of carbonyl (C=O) groups is 2. The van der Waals surface area contributed by atoms with Crippen molar-refractivity contribution in [3.8, 4) is 6.07 Å². The van der Waals surface area contributed by atoms with E-state index in [9.17, 15) is 25.0 Å². The number of hydrogen-bond acceptors (Lipinski definition) is 7. The van der Waals surface area contributed by atoms with Gasteiger partial charge in [0, 0.05) is 48.4 Å². The van der Waals surface area contributed by atoms with Gasteiger partial charge < -0.3 is 15.5 Å². The number of fused-ring (bicyclic) bond motifs is 3. The molecular weight excluding hydrogens is 468 g/mol. The van der Waals surface area contributed by atoms with Crippen LogP contribution in [0.2, 0.25) is 0 Å². The summed E-state index contributed by atoms with van der Waals surface area (Å²) < 4.78 is -0.182. The van der Waals surface area contributed by atoms with Crippen molar-refractivity contribution in [3.63, 3.8) is 0 Å². The average Bonchev–Trinajstić information content (AvgIpc) is 3.60. The molecule has 2 bridgehead atoms. The van der Waals surface area contributed by atoms with E-state index in [2.05, 4.69) is 6.07 Å². The smallest absolute Gasteiger partial charge is 0.241 e. The van der Waals surface area contributed by atoms with Gasteiger partial charge in [0.15, 0.2) is 0 Å². The number of nitro groups is 1. The van der Waals surface area contributed by atoms with Gasteiger partial charge in [-0.05, 0) is 55.4 Å². The number of nitriles is 1.